The van der Waals surface area contributed by atoms with Crippen LogP contribution in [0.1, 0.15) is 20.3 Å². The Labute approximate surface area is 115 Å². The van der Waals surface area contributed by atoms with Crippen LogP contribution in [-0.2, 0) is 0 Å². The van der Waals surface area contributed by atoms with Gasteiger partial charge in [-0.15, -0.1) is 11.3 Å². The zero-order valence-corrected chi connectivity index (χ0v) is 12.0. The first-order chi connectivity index (χ1) is 8.63. The number of hydrogen-bond acceptors (Lipinski definition) is 5. The molecule has 18 heavy (non-hydrogen) atoms. The summed E-state index contributed by atoms with van der Waals surface area (Å²) in [6.07, 6.45) is 0.714. The van der Waals surface area contributed by atoms with Crippen molar-refractivity contribution in [3.8, 4) is 0 Å². The van der Waals surface area contributed by atoms with Crippen molar-refractivity contribution in [1.82, 2.24) is 9.97 Å². The normalized spacial score (nSPS) is 11.4. The van der Waals surface area contributed by atoms with Gasteiger partial charge < -0.3 is 10.0 Å². The Hall–Kier alpha value is -0.910. The predicted molar refractivity (Wildman–Crippen MR) is 76.6 cm³/mol. The maximum Gasteiger partial charge on any atom is 0.225 e. The number of rotatable bonds is 5. The zero-order chi connectivity index (χ0) is 13.1. The topological polar surface area (TPSA) is 49.2 Å². The van der Waals surface area contributed by atoms with E-state index in [4.69, 9.17) is 16.7 Å². The van der Waals surface area contributed by atoms with Crippen molar-refractivity contribution in [2.24, 2.45) is 0 Å². The highest BCUT2D eigenvalue weighted by Gasteiger charge is 2.17. The molecule has 0 amide bonds. The monoisotopic (exact) mass is 285 g/mol. The van der Waals surface area contributed by atoms with Gasteiger partial charge >= 0.3 is 0 Å². The van der Waals surface area contributed by atoms with Gasteiger partial charge in [-0.25, -0.2) is 4.98 Å². The number of aliphatic hydroxyl groups is 1. The summed E-state index contributed by atoms with van der Waals surface area (Å²) in [5.41, 5.74) is 0. The average Bonchev–Trinajstić information content (AvgIpc) is 2.76. The summed E-state index contributed by atoms with van der Waals surface area (Å²) in [5.74, 6) is 0.856. The van der Waals surface area contributed by atoms with E-state index >= 15 is 0 Å². The van der Waals surface area contributed by atoms with Gasteiger partial charge in [0.25, 0.3) is 0 Å². The summed E-state index contributed by atoms with van der Waals surface area (Å²) < 4.78 is 0. The number of anilines is 1. The lowest BCUT2D eigenvalue weighted by Crippen LogP contribution is -2.33. The Morgan fingerprint density at radius 2 is 2.22 bits per heavy atom. The summed E-state index contributed by atoms with van der Waals surface area (Å²) in [6.45, 7) is 5.14. The summed E-state index contributed by atoms with van der Waals surface area (Å²) >= 11 is 7.53. The van der Waals surface area contributed by atoms with Gasteiger partial charge in [0.2, 0.25) is 5.28 Å². The molecule has 2 aromatic heterocycles. The maximum absolute atomic E-state index is 8.99. The first-order valence-corrected chi connectivity index (χ1v) is 7.17. The molecule has 2 rings (SSSR count). The average molecular weight is 286 g/mol. The Kier molecular flexibility index (Phi) is 4.37. The molecule has 1 N–H and O–H groups in total. The standard InChI is InChI=1S/C12H16ClN3OS/c1-8(2)16(5-3-6-17)10-9-4-7-18-11(9)15-12(13)14-10/h4,7-8,17H,3,5-6H2,1-2H3. The second-order valence-corrected chi connectivity index (χ2v) is 5.55. The van der Waals surface area contributed by atoms with Crippen LogP contribution in [0.5, 0.6) is 0 Å². The van der Waals surface area contributed by atoms with Gasteiger partial charge in [-0.2, -0.15) is 4.98 Å². The molecule has 0 atom stereocenters. The molecule has 0 aromatic carbocycles. The maximum atomic E-state index is 8.99. The molecule has 2 heterocycles. The third-order valence-electron chi connectivity index (χ3n) is 2.73. The highest BCUT2D eigenvalue weighted by Crippen LogP contribution is 2.30. The van der Waals surface area contributed by atoms with Crippen molar-refractivity contribution >= 4 is 39.0 Å². The van der Waals surface area contributed by atoms with Gasteiger partial charge in [-0.1, -0.05) is 0 Å². The van der Waals surface area contributed by atoms with E-state index in [-0.39, 0.29) is 11.9 Å². The van der Waals surface area contributed by atoms with Crippen molar-refractivity contribution in [2.75, 3.05) is 18.1 Å². The SMILES string of the molecule is CC(C)N(CCCO)c1nc(Cl)nc2sccc12. The molecule has 4 nitrogen and oxygen atoms in total. The van der Waals surface area contributed by atoms with E-state index in [0.717, 1.165) is 22.6 Å². The predicted octanol–water partition coefficient (Wildman–Crippen LogP) is 2.94. The summed E-state index contributed by atoms with van der Waals surface area (Å²) in [6, 6.07) is 2.31. The number of thiophene rings is 1. The molecule has 0 spiro atoms. The van der Waals surface area contributed by atoms with Crippen molar-refractivity contribution < 1.29 is 5.11 Å². The second-order valence-electron chi connectivity index (χ2n) is 4.32. The number of aliphatic hydroxyl groups excluding tert-OH is 1. The lowest BCUT2D eigenvalue weighted by Gasteiger charge is -2.28. The van der Waals surface area contributed by atoms with E-state index in [2.05, 4.69) is 28.7 Å². The number of nitrogens with zero attached hydrogens (tertiary/aromatic N) is 3. The Bertz CT molecular complexity index is 529. The van der Waals surface area contributed by atoms with E-state index < -0.39 is 0 Å². The lowest BCUT2D eigenvalue weighted by atomic mass is 10.2. The highest BCUT2D eigenvalue weighted by molar-refractivity contribution is 7.16. The minimum absolute atomic E-state index is 0.175. The highest BCUT2D eigenvalue weighted by atomic mass is 35.5. The van der Waals surface area contributed by atoms with Crippen LogP contribution in [0.25, 0.3) is 10.2 Å². The van der Waals surface area contributed by atoms with Crippen LogP contribution in [0.2, 0.25) is 5.28 Å². The molecule has 2 aromatic rings. The molecule has 0 radical (unpaired) electrons. The van der Waals surface area contributed by atoms with E-state index in [1.807, 2.05) is 11.4 Å². The molecule has 0 aliphatic heterocycles. The Morgan fingerprint density at radius 1 is 1.44 bits per heavy atom. The molecule has 0 aliphatic carbocycles. The molecule has 6 heteroatoms. The summed E-state index contributed by atoms with van der Waals surface area (Å²) in [5, 5.41) is 12.3. The van der Waals surface area contributed by atoms with E-state index in [0.29, 0.717) is 12.5 Å². The molecule has 0 aliphatic rings. The number of halogens is 1. The van der Waals surface area contributed by atoms with Crippen LogP contribution >= 0.6 is 22.9 Å². The smallest absolute Gasteiger partial charge is 0.225 e. The first-order valence-electron chi connectivity index (χ1n) is 5.91. The number of fused-ring (bicyclic) bond motifs is 1. The fourth-order valence-corrected chi connectivity index (χ4v) is 2.86. The van der Waals surface area contributed by atoms with E-state index in [9.17, 15) is 0 Å². The third-order valence-corrected chi connectivity index (χ3v) is 3.71. The zero-order valence-electron chi connectivity index (χ0n) is 10.4. The van der Waals surface area contributed by atoms with Crippen LogP contribution in [0, 0.1) is 0 Å². The molecule has 0 bridgehead atoms. The number of aromatic nitrogens is 2. The molecule has 98 valence electrons. The minimum Gasteiger partial charge on any atom is -0.396 e. The fraction of sp³-hybridized carbons (Fsp3) is 0.500. The van der Waals surface area contributed by atoms with Crippen LogP contribution in [0.3, 0.4) is 0 Å². The van der Waals surface area contributed by atoms with Gasteiger partial charge in [-0.05, 0) is 43.3 Å². The van der Waals surface area contributed by atoms with Gasteiger partial charge in [0, 0.05) is 19.2 Å². The van der Waals surface area contributed by atoms with Gasteiger partial charge in [0.1, 0.15) is 10.6 Å². The summed E-state index contributed by atoms with van der Waals surface area (Å²) in [7, 11) is 0. The Morgan fingerprint density at radius 3 is 2.89 bits per heavy atom. The van der Waals surface area contributed by atoms with E-state index in [1.165, 1.54) is 0 Å². The van der Waals surface area contributed by atoms with Crippen LogP contribution in [-0.4, -0.2) is 34.3 Å². The summed E-state index contributed by atoms with van der Waals surface area (Å²) in [4.78, 5) is 11.6. The van der Waals surface area contributed by atoms with Gasteiger partial charge in [0.05, 0.1) is 5.39 Å². The molecular weight excluding hydrogens is 270 g/mol. The number of hydrogen-bond donors (Lipinski definition) is 1. The third kappa shape index (κ3) is 2.74. The second kappa shape index (κ2) is 5.82. The van der Waals surface area contributed by atoms with Gasteiger partial charge in [-0.3, -0.25) is 0 Å². The minimum atomic E-state index is 0.175. The van der Waals surface area contributed by atoms with E-state index in [1.54, 1.807) is 11.3 Å². The first kappa shape index (κ1) is 13.5. The van der Waals surface area contributed by atoms with Gasteiger partial charge in [0.15, 0.2) is 0 Å². The van der Waals surface area contributed by atoms with Crippen LogP contribution in [0.4, 0.5) is 5.82 Å². The largest absolute Gasteiger partial charge is 0.396 e. The molecule has 0 unspecified atom stereocenters. The van der Waals surface area contributed by atoms with Crippen LogP contribution in [0.15, 0.2) is 11.4 Å². The molecule has 0 saturated heterocycles. The lowest BCUT2D eigenvalue weighted by molar-refractivity contribution is 0.288. The Balaban J connectivity index is 2.45. The fourth-order valence-electron chi connectivity index (χ4n) is 1.88. The molecule has 0 saturated carbocycles. The quantitative estimate of drug-likeness (QED) is 0.858. The van der Waals surface area contributed by atoms with Crippen LogP contribution < -0.4 is 4.90 Å². The molecule has 0 fully saturated rings. The van der Waals surface area contributed by atoms with Crippen molar-refractivity contribution in [3.63, 3.8) is 0 Å². The van der Waals surface area contributed by atoms with Crippen molar-refractivity contribution in [2.45, 2.75) is 26.3 Å². The van der Waals surface area contributed by atoms with Crippen molar-refractivity contribution in [3.05, 3.63) is 16.7 Å². The van der Waals surface area contributed by atoms with Crippen molar-refractivity contribution in [1.29, 1.82) is 0 Å². The molecular formula is C12H16ClN3OS.